The maximum Gasteiger partial charge on any atom is 0.255 e. The van der Waals surface area contributed by atoms with Gasteiger partial charge in [-0.2, -0.15) is 0 Å². The number of anilines is 1. The Kier molecular flexibility index (Phi) is 5.21. The standard InChI is InChI=1S/C17H20N2O2/c1-2-16(13-7-4-3-5-8-13)19-14-9-6-10-15(11-14)21-12-17(18)20/h3-11,16,19H,2,12H2,1H3,(H2,18,20). The molecule has 0 saturated carbocycles. The Balaban J connectivity index is 2.07. The van der Waals surface area contributed by atoms with E-state index in [2.05, 4.69) is 24.4 Å². The molecule has 0 bridgehead atoms. The fraction of sp³-hybridized carbons (Fsp3) is 0.235. The smallest absolute Gasteiger partial charge is 0.255 e. The number of carbonyl (C=O) groups is 1. The van der Waals surface area contributed by atoms with E-state index in [0.717, 1.165) is 12.1 Å². The fourth-order valence-corrected chi connectivity index (χ4v) is 2.14. The van der Waals surface area contributed by atoms with Gasteiger partial charge in [0.1, 0.15) is 5.75 Å². The van der Waals surface area contributed by atoms with Crippen molar-refractivity contribution in [2.45, 2.75) is 19.4 Å². The van der Waals surface area contributed by atoms with Gasteiger partial charge in [0.15, 0.2) is 6.61 Å². The van der Waals surface area contributed by atoms with E-state index in [9.17, 15) is 4.79 Å². The zero-order chi connectivity index (χ0) is 15.1. The lowest BCUT2D eigenvalue weighted by Crippen LogP contribution is -2.20. The highest BCUT2D eigenvalue weighted by Gasteiger charge is 2.09. The van der Waals surface area contributed by atoms with Crippen molar-refractivity contribution < 1.29 is 9.53 Å². The summed E-state index contributed by atoms with van der Waals surface area (Å²) >= 11 is 0. The van der Waals surface area contributed by atoms with Crippen LogP contribution in [0.25, 0.3) is 0 Å². The van der Waals surface area contributed by atoms with Crippen LogP contribution in [0.4, 0.5) is 5.69 Å². The lowest BCUT2D eigenvalue weighted by molar-refractivity contribution is -0.119. The van der Waals surface area contributed by atoms with Gasteiger partial charge in [-0.1, -0.05) is 43.3 Å². The Bertz CT molecular complexity index is 584. The highest BCUT2D eigenvalue weighted by atomic mass is 16.5. The molecule has 3 N–H and O–H groups in total. The first-order valence-electron chi connectivity index (χ1n) is 7.01. The monoisotopic (exact) mass is 284 g/mol. The van der Waals surface area contributed by atoms with Crippen LogP contribution < -0.4 is 15.8 Å². The molecule has 2 rings (SSSR count). The molecule has 110 valence electrons. The van der Waals surface area contributed by atoms with Crippen LogP contribution >= 0.6 is 0 Å². The fourth-order valence-electron chi connectivity index (χ4n) is 2.14. The second-order valence-electron chi connectivity index (χ2n) is 4.80. The first-order valence-corrected chi connectivity index (χ1v) is 7.01. The highest BCUT2D eigenvalue weighted by molar-refractivity contribution is 5.75. The zero-order valence-electron chi connectivity index (χ0n) is 12.1. The van der Waals surface area contributed by atoms with Crippen molar-refractivity contribution in [2.75, 3.05) is 11.9 Å². The minimum absolute atomic E-state index is 0.112. The summed E-state index contributed by atoms with van der Waals surface area (Å²) in [6.45, 7) is 2.03. The number of primary amides is 1. The van der Waals surface area contributed by atoms with Gasteiger partial charge < -0.3 is 15.8 Å². The number of amides is 1. The van der Waals surface area contributed by atoms with E-state index >= 15 is 0 Å². The van der Waals surface area contributed by atoms with E-state index in [4.69, 9.17) is 10.5 Å². The summed E-state index contributed by atoms with van der Waals surface area (Å²) in [5, 5.41) is 3.48. The Labute approximate surface area is 124 Å². The minimum atomic E-state index is -0.482. The SMILES string of the molecule is CCC(Nc1cccc(OCC(N)=O)c1)c1ccccc1. The molecule has 2 aromatic carbocycles. The van der Waals surface area contributed by atoms with E-state index in [1.807, 2.05) is 36.4 Å². The number of hydrogen-bond donors (Lipinski definition) is 2. The molecular formula is C17H20N2O2. The molecule has 1 atom stereocenters. The molecule has 0 aliphatic rings. The van der Waals surface area contributed by atoms with E-state index in [1.54, 1.807) is 6.07 Å². The second kappa shape index (κ2) is 7.33. The third-order valence-electron chi connectivity index (χ3n) is 3.17. The Morgan fingerprint density at radius 2 is 1.95 bits per heavy atom. The van der Waals surface area contributed by atoms with Crippen LogP contribution in [-0.2, 0) is 4.79 Å². The van der Waals surface area contributed by atoms with Crippen molar-refractivity contribution in [3.8, 4) is 5.75 Å². The normalized spacial score (nSPS) is 11.7. The molecule has 0 spiro atoms. The van der Waals surface area contributed by atoms with Crippen molar-refractivity contribution in [3.63, 3.8) is 0 Å². The van der Waals surface area contributed by atoms with E-state index in [-0.39, 0.29) is 12.6 Å². The predicted octanol–water partition coefficient (Wildman–Crippen LogP) is 3.11. The van der Waals surface area contributed by atoms with Crippen LogP contribution in [0.5, 0.6) is 5.75 Å². The van der Waals surface area contributed by atoms with Crippen molar-refractivity contribution in [1.29, 1.82) is 0 Å². The molecule has 0 heterocycles. The number of nitrogens with one attached hydrogen (secondary N) is 1. The van der Waals surface area contributed by atoms with Crippen molar-refractivity contribution in [1.82, 2.24) is 0 Å². The summed E-state index contributed by atoms with van der Waals surface area (Å²) in [5.41, 5.74) is 7.27. The van der Waals surface area contributed by atoms with Crippen LogP contribution in [0.3, 0.4) is 0 Å². The number of carbonyl (C=O) groups excluding carboxylic acids is 1. The van der Waals surface area contributed by atoms with Gasteiger partial charge in [-0.25, -0.2) is 0 Å². The zero-order valence-corrected chi connectivity index (χ0v) is 12.1. The lowest BCUT2D eigenvalue weighted by atomic mass is 10.0. The Morgan fingerprint density at radius 3 is 2.62 bits per heavy atom. The summed E-state index contributed by atoms with van der Waals surface area (Å²) in [5.74, 6) is 0.144. The molecule has 4 nitrogen and oxygen atoms in total. The average molecular weight is 284 g/mol. The summed E-state index contributed by atoms with van der Waals surface area (Å²) in [6, 6.07) is 18.1. The first-order chi connectivity index (χ1) is 10.2. The van der Waals surface area contributed by atoms with Gasteiger partial charge in [-0.3, -0.25) is 4.79 Å². The van der Waals surface area contributed by atoms with E-state index < -0.39 is 5.91 Å². The molecule has 0 aliphatic heterocycles. The maximum absolute atomic E-state index is 10.7. The molecule has 0 radical (unpaired) electrons. The van der Waals surface area contributed by atoms with E-state index in [1.165, 1.54) is 5.56 Å². The third-order valence-corrected chi connectivity index (χ3v) is 3.17. The average Bonchev–Trinajstić information content (AvgIpc) is 2.52. The summed E-state index contributed by atoms with van der Waals surface area (Å²) in [6.07, 6.45) is 0.969. The van der Waals surface area contributed by atoms with Crippen molar-refractivity contribution in [2.24, 2.45) is 5.73 Å². The third kappa shape index (κ3) is 4.53. The number of benzene rings is 2. The molecule has 0 fully saturated rings. The molecule has 21 heavy (non-hydrogen) atoms. The molecule has 4 heteroatoms. The molecular weight excluding hydrogens is 264 g/mol. The maximum atomic E-state index is 10.7. The van der Waals surface area contributed by atoms with Gasteiger partial charge >= 0.3 is 0 Å². The Hall–Kier alpha value is -2.49. The van der Waals surface area contributed by atoms with Crippen LogP contribution in [0, 0.1) is 0 Å². The Morgan fingerprint density at radius 1 is 1.19 bits per heavy atom. The van der Waals surface area contributed by atoms with Crippen LogP contribution in [0.15, 0.2) is 54.6 Å². The second-order valence-corrected chi connectivity index (χ2v) is 4.80. The van der Waals surface area contributed by atoms with Gasteiger partial charge in [-0.15, -0.1) is 0 Å². The summed E-state index contributed by atoms with van der Waals surface area (Å²) in [4.78, 5) is 10.7. The molecule has 0 aliphatic carbocycles. The number of ether oxygens (including phenoxy) is 1. The summed E-state index contributed by atoms with van der Waals surface area (Å²) < 4.78 is 5.31. The van der Waals surface area contributed by atoms with Crippen LogP contribution in [0.1, 0.15) is 24.9 Å². The predicted molar refractivity (Wildman–Crippen MR) is 84.2 cm³/mol. The van der Waals surface area contributed by atoms with E-state index in [0.29, 0.717) is 5.75 Å². The topological polar surface area (TPSA) is 64.3 Å². The lowest BCUT2D eigenvalue weighted by Gasteiger charge is -2.19. The highest BCUT2D eigenvalue weighted by Crippen LogP contribution is 2.24. The molecule has 0 saturated heterocycles. The van der Waals surface area contributed by atoms with Gasteiger partial charge in [0.25, 0.3) is 5.91 Å². The molecule has 2 aromatic rings. The van der Waals surface area contributed by atoms with Crippen LogP contribution in [0.2, 0.25) is 0 Å². The molecule has 1 amide bonds. The van der Waals surface area contributed by atoms with Gasteiger partial charge in [-0.05, 0) is 24.1 Å². The first kappa shape index (κ1) is 14.9. The quantitative estimate of drug-likeness (QED) is 0.821. The molecule has 0 aromatic heterocycles. The minimum Gasteiger partial charge on any atom is -0.484 e. The van der Waals surface area contributed by atoms with Gasteiger partial charge in [0.05, 0.1) is 6.04 Å². The van der Waals surface area contributed by atoms with Gasteiger partial charge in [0.2, 0.25) is 0 Å². The van der Waals surface area contributed by atoms with Crippen molar-refractivity contribution >= 4 is 11.6 Å². The molecule has 1 unspecified atom stereocenters. The largest absolute Gasteiger partial charge is 0.484 e. The van der Waals surface area contributed by atoms with Crippen LogP contribution in [-0.4, -0.2) is 12.5 Å². The number of hydrogen-bond acceptors (Lipinski definition) is 3. The van der Waals surface area contributed by atoms with Crippen molar-refractivity contribution in [3.05, 3.63) is 60.2 Å². The van der Waals surface area contributed by atoms with Gasteiger partial charge in [0, 0.05) is 11.8 Å². The number of nitrogens with two attached hydrogens (primary N) is 1. The number of rotatable bonds is 7. The summed E-state index contributed by atoms with van der Waals surface area (Å²) in [7, 11) is 0.